The molecule has 0 saturated heterocycles. The van der Waals surface area contributed by atoms with E-state index in [1.807, 2.05) is 18.2 Å². The second-order valence-electron chi connectivity index (χ2n) is 4.76. The average Bonchev–Trinajstić information content (AvgIpc) is 2.39. The Bertz CT molecular complexity index is 457. The number of amides is 1. The van der Waals surface area contributed by atoms with Gasteiger partial charge in [0, 0.05) is 12.5 Å². The highest BCUT2D eigenvalue weighted by molar-refractivity contribution is 5.94. The molecule has 1 heterocycles. The van der Waals surface area contributed by atoms with E-state index in [2.05, 4.69) is 27.8 Å². The molecule has 0 radical (unpaired) electrons. The van der Waals surface area contributed by atoms with Gasteiger partial charge in [0.1, 0.15) is 0 Å². The minimum absolute atomic E-state index is 0.138. The Morgan fingerprint density at radius 2 is 2.16 bits per heavy atom. The summed E-state index contributed by atoms with van der Waals surface area (Å²) in [5.41, 5.74) is 1.25. The molecule has 1 aliphatic heterocycles. The molecule has 0 aliphatic carbocycles. The van der Waals surface area contributed by atoms with E-state index in [1.165, 1.54) is 5.56 Å². The number of carbonyl (C=O) groups is 1. The molecule has 2 N–H and O–H groups in total. The lowest BCUT2D eigenvalue weighted by Gasteiger charge is -2.23. The van der Waals surface area contributed by atoms with Crippen molar-refractivity contribution in [2.45, 2.75) is 25.9 Å². The van der Waals surface area contributed by atoms with Crippen LogP contribution in [0.4, 0.5) is 4.79 Å². The monoisotopic (exact) mass is 261 g/mol. The first kappa shape index (κ1) is 13.4. The molecule has 1 atom stereocenters. The summed E-state index contributed by atoms with van der Waals surface area (Å²) >= 11 is 0. The van der Waals surface area contributed by atoms with Crippen molar-refractivity contribution in [3.8, 4) is 0 Å². The molecular weight excluding hydrogens is 242 g/mol. The van der Waals surface area contributed by atoms with Crippen LogP contribution in [0.3, 0.4) is 0 Å². The fourth-order valence-electron chi connectivity index (χ4n) is 1.91. The Morgan fingerprint density at radius 3 is 2.74 bits per heavy atom. The molecule has 2 rings (SSSR count). The molecule has 5 nitrogen and oxygen atoms in total. The number of guanidine groups is 1. The number of hydrogen-bond acceptors (Lipinski definition) is 4. The summed E-state index contributed by atoms with van der Waals surface area (Å²) in [6, 6.07) is 10.2. The zero-order chi connectivity index (χ0) is 13.7. The second kappa shape index (κ2) is 6.22. The van der Waals surface area contributed by atoms with Gasteiger partial charge >= 0.3 is 6.09 Å². The van der Waals surface area contributed by atoms with E-state index in [0.717, 1.165) is 6.54 Å². The lowest BCUT2D eigenvalue weighted by molar-refractivity contribution is 0.120. The number of nitrogens with one attached hydrogen (secondary N) is 2. The summed E-state index contributed by atoms with van der Waals surface area (Å²) in [5.74, 6) is 0.825. The number of hydrogen-bond donors (Lipinski definition) is 2. The van der Waals surface area contributed by atoms with E-state index in [4.69, 9.17) is 4.74 Å². The van der Waals surface area contributed by atoms with Gasteiger partial charge in [-0.15, -0.1) is 0 Å². The van der Waals surface area contributed by atoms with Crippen LogP contribution in [0.15, 0.2) is 35.3 Å². The Kier molecular flexibility index (Phi) is 4.39. The van der Waals surface area contributed by atoms with Crippen LogP contribution in [-0.2, 0) is 4.74 Å². The highest BCUT2D eigenvalue weighted by atomic mass is 16.6. The van der Waals surface area contributed by atoms with Crippen LogP contribution in [-0.4, -0.2) is 31.2 Å². The number of ether oxygens (including phenoxy) is 1. The van der Waals surface area contributed by atoms with Gasteiger partial charge in [0.2, 0.25) is 5.96 Å². The van der Waals surface area contributed by atoms with Crippen LogP contribution < -0.4 is 10.6 Å². The minimum atomic E-state index is -0.473. The highest BCUT2D eigenvalue weighted by Gasteiger charge is 2.18. The fourth-order valence-corrected chi connectivity index (χ4v) is 1.91. The normalized spacial score (nSPS) is 18.5. The van der Waals surface area contributed by atoms with E-state index >= 15 is 0 Å². The van der Waals surface area contributed by atoms with Crippen LogP contribution >= 0.6 is 0 Å². The third-order valence-electron chi connectivity index (χ3n) is 2.82. The van der Waals surface area contributed by atoms with Crippen LogP contribution in [0.1, 0.15) is 25.3 Å². The summed E-state index contributed by atoms with van der Waals surface area (Å²) in [6.45, 7) is 5.03. The maximum absolute atomic E-state index is 11.4. The number of carbonyl (C=O) groups excluding carboxylic acids is 1. The molecule has 5 heteroatoms. The molecular formula is C14H19N3O2. The largest absolute Gasteiger partial charge is 0.447 e. The summed E-state index contributed by atoms with van der Waals surface area (Å²) in [4.78, 5) is 15.7. The first-order chi connectivity index (χ1) is 9.15. The fraction of sp³-hybridized carbons (Fsp3) is 0.429. The van der Waals surface area contributed by atoms with Gasteiger partial charge in [-0.05, 0) is 19.4 Å². The lowest BCUT2D eigenvalue weighted by Crippen LogP contribution is -2.46. The number of alkyl carbamates (subject to hydrolysis) is 1. The average molecular weight is 261 g/mol. The minimum Gasteiger partial charge on any atom is -0.447 e. The molecule has 0 spiro atoms. The van der Waals surface area contributed by atoms with E-state index in [0.29, 0.717) is 18.4 Å². The topological polar surface area (TPSA) is 62.7 Å². The van der Waals surface area contributed by atoms with Crippen molar-refractivity contribution < 1.29 is 9.53 Å². The van der Waals surface area contributed by atoms with Crippen LogP contribution in [0.5, 0.6) is 0 Å². The van der Waals surface area contributed by atoms with Crippen LogP contribution in [0.25, 0.3) is 0 Å². The number of aliphatic imine (C=N–C) groups is 1. The van der Waals surface area contributed by atoms with Gasteiger partial charge in [0.05, 0.1) is 12.6 Å². The smallest absolute Gasteiger partial charge is 0.414 e. The van der Waals surface area contributed by atoms with Gasteiger partial charge in [-0.3, -0.25) is 10.3 Å². The summed E-state index contributed by atoms with van der Waals surface area (Å²) < 4.78 is 4.99. The first-order valence-corrected chi connectivity index (χ1v) is 6.46. The van der Waals surface area contributed by atoms with Crippen molar-refractivity contribution in [3.63, 3.8) is 0 Å². The van der Waals surface area contributed by atoms with Crippen molar-refractivity contribution in [2.24, 2.45) is 4.99 Å². The van der Waals surface area contributed by atoms with Gasteiger partial charge in [-0.25, -0.2) is 4.79 Å². The predicted molar refractivity (Wildman–Crippen MR) is 74.2 cm³/mol. The van der Waals surface area contributed by atoms with Gasteiger partial charge in [-0.1, -0.05) is 30.3 Å². The Labute approximate surface area is 113 Å². The molecule has 1 amide bonds. The van der Waals surface area contributed by atoms with Crippen molar-refractivity contribution in [3.05, 3.63) is 35.9 Å². The van der Waals surface area contributed by atoms with E-state index in [-0.39, 0.29) is 6.10 Å². The number of rotatable bonds is 2. The third kappa shape index (κ3) is 3.98. The van der Waals surface area contributed by atoms with E-state index in [9.17, 15) is 4.79 Å². The molecule has 1 aliphatic rings. The van der Waals surface area contributed by atoms with Gasteiger partial charge < -0.3 is 10.1 Å². The zero-order valence-electron chi connectivity index (χ0n) is 11.2. The van der Waals surface area contributed by atoms with Crippen molar-refractivity contribution in [2.75, 3.05) is 13.1 Å². The molecule has 1 unspecified atom stereocenters. The van der Waals surface area contributed by atoms with Crippen LogP contribution in [0.2, 0.25) is 0 Å². The quantitative estimate of drug-likeness (QED) is 0.854. The summed E-state index contributed by atoms with van der Waals surface area (Å²) in [6.07, 6.45) is -0.610. The zero-order valence-corrected chi connectivity index (χ0v) is 11.2. The summed E-state index contributed by atoms with van der Waals surface area (Å²) in [7, 11) is 0. The van der Waals surface area contributed by atoms with Gasteiger partial charge in [0.15, 0.2) is 0 Å². The number of nitrogens with zero attached hydrogens (tertiary/aromatic N) is 1. The maximum Gasteiger partial charge on any atom is 0.414 e. The van der Waals surface area contributed by atoms with Gasteiger partial charge in [-0.2, -0.15) is 0 Å². The van der Waals surface area contributed by atoms with Crippen molar-refractivity contribution in [1.29, 1.82) is 0 Å². The van der Waals surface area contributed by atoms with Crippen LogP contribution in [0, 0.1) is 0 Å². The first-order valence-electron chi connectivity index (χ1n) is 6.46. The lowest BCUT2D eigenvalue weighted by atomic mass is 9.98. The number of benzene rings is 1. The Morgan fingerprint density at radius 1 is 1.42 bits per heavy atom. The third-order valence-corrected chi connectivity index (χ3v) is 2.82. The molecule has 1 aromatic carbocycles. The van der Waals surface area contributed by atoms with E-state index < -0.39 is 6.09 Å². The molecule has 0 bridgehead atoms. The van der Waals surface area contributed by atoms with Crippen molar-refractivity contribution >= 4 is 12.1 Å². The molecule has 19 heavy (non-hydrogen) atoms. The summed E-state index contributed by atoms with van der Waals surface area (Å²) in [5, 5.41) is 5.71. The molecule has 102 valence electrons. The Hall–Kier alpha value is -2.04. The van der Waals surface area contributed by atoms with Gasteiger partial charge in [0.25, 0.3) is 0 Å². The highest BCUT2D eigenvalue weighted by Crippen LogP contribution is 2.16. The molecule has 0 saturated carbocycles. The predicted octanol–water partition coefficient (Wildman–Crippen LogP) is 1.86. The maximum atomic E-state index is 11.4. The van der Waals surface area contributed by atoms with Crippen molar-refractivity contribution in [1.82, 2.24) is 10.6 Å². The molecule has 0 aromatic heterocycles. The molecule has 1 aromatic rings. The second-order valence-corrected chi connectivity index (χ2v) is 4.76. The molecule has 0 fully saturated rings. The standard InChI is InChI=1S/C14H19N3O2/c1-10(2)19-14(18)17-13-15-8-12(9-16-13)11-6-4-3-5-7-11/h3-7,10,12H,8-9H2,1-2H3,(H2,15,16,17,18). The Balaban J connectivity index is 1.88. The SMILES string of the molecule is CC(C)OC(=O)NC1=NCC(c2ccccc2)CN1. The van der Waals surface area contributed by atoms with E-state index in [1.54, 1.807) is 13.8 Å².